The number of aromatic amines is 1. The number of benzene rings is 2. The maximum absolute atomic E-state index is 10.4. The first kappa shape index (κ1) is 30.2. The highest BCUT2D eigenvalue weighted by atomic mass is 16.7. The van der Waals surface area contributed by atoms with Gasteiger partial charge in [0, 0.05) is 0 Å². The molecule has 0 spiro atoms. The van der Waals surface area contributed by atoms with Crippen LogP contribution >= 0.6 is 0 Å². The van der Waals surface area contributed by atoms with E-state index in [1.807, 2.05) is 42.5 Å². The Hall–Kier alpha value is -2.81. The monoisotopic (exact) mass is 561 g/mol. The molecule has 40 heavy (non-hydrogen) atoms. The second-order valence-corrected chi connectivity index (χ2v) is 10.3. The first-order chi connectivity index (χ1) is 19.3. The largest absolute Gasteiger partial charge is 0.494 e. The molecule has 2 aromatic carbocycles. The number of aromatic nitrogens is 2. The Morgan fingerprint density at radius 1 is 0.975 bits per heavy atom. The number of fused-ring (bicyclic) bond motifs is 1. The zero-order chi connectivity index (χ0) is 28.7. The Labute approximate surface area is 232 Å². The summed E-state index contributed by atoms with van der Waals surface area (Å²) in [5.74, 6) is 0.939. The minimum absolute atomic E-state index is 0.145. The topological polar surface area (TPSA) is 190 Å². The summed E-state index contributed by atoms with van der Waals surface area (Å²) in [4.78, 5) is 0. The van der Waals surface area contributed by atoms with Crippen molar-refractivity contribution >= 4 is 10.9 Å². The van der Waals surface area contributed by atoms with E-state index in [1.54, 1.807) is 6.92 Å². The minimum Gasteiger partial charge on any atom is -0.494 e. The van der Waals surface area contributed by atoms with Crippen molar-refractivity contribution < 1.29 is 44.8 Å². The highest BCUT2D eigenvalue weighted by molar-refractivity contribution is 5.87. The summed E-state index contributed by atoms with van der Waals surface area (Å²) in [6.07, 6.45) is -4.83. The Morgan fingerprint density at radius 2 is 1.73 bits per heavy atom. The number of nitrogens with zero attached hydrogens (tertiary/aromatic N) is 1. The van der Waals surface area contributed by atoms with E-state index in [1.165, 1.54) is 0 Å². The van der Waals surface area contributed by atoms with Crippen molar-refractivity contribution in [3.63, 3.8) is 0 Å². The van der Waals surface area contributed by atoms with Gasteiger partial charge in [-0.05, 0) is 62.1 Å². The van der Waals surface area contributed by atoms with Gasteiger partial charge >= 0.3 is 0 Å². The first-order valence-corrected chi connectivity index (χ1v) is 13.4. The van der Waals surface area contributed by atoms with Crippen LogP contribution in [0.3, 0.4) is 0 Å². The van der Waals surface area contributed by atoms with Crippen molar-refractivity contribution in [2.24, 2.45) is 0 Å². The SMILES string of the molecule is CC(CO)(CO)NCCCOc1ccc(CCc2cccc3[nH]nc(O[C@@H]4O[C@H](CO)[C@@H](O)[C@H](O)[C@H]4O)c23)cc1. The second kappa shape index (κ2) is 13.7. The van der Waals surface area contributed by atoms with E-state index in [9.17, 15) is 30.6 Å². The number of aryl methyl sites for hydroxylation is 2. The van der Waals surface area contributed by atoms with Gasteiger partial charge < -0.3 is 50.2 Å². The quantitative estimate of drug-likeness (QED) is 0.120. The highest BCUT2D eigenvalue weighted by Crippen LogP contribution is 2.31. The van der Waals surface area contributed by atoms with Crippen LogP contribution in [0.25, 0.3) is 10.9 Å². The van der Waals surface area contributed by atoms with Crippen LogP contribution in [0.2, 0.25) is 0 Å². The average Bonchev–Trinajstić information content (AvgIpc) is 3.40. The Bertz CT molecular complexity index is 1200. The van der Waals surface area contributed by atoms with E-state index in [0.29, 0.717) is 25.0 Å². The molecule has 1 fully saturated rings. The Morgan fingerprint density at radius 3 is 2.42 bits per heavy atom. The van der Waals surface area contributed by atoms with Crippen molar-refractivity contribution in [1.29, 1.82) is 0 Å². The lowest BCUT2D eigenvalue weighted by molar-refractivity contribution is -0.277. The van der Waals surface area contributed by atoms with Crippen LogP contribution in [0.1, 0.15) is 24.5 Å². The van der Waals surface area contributed by atoms with Crippen molar-refractivity contribution in [2.45, 2.75) is 62.4 Å². The fourth-order valence-corrected chi connectivity index (χ4v) is 4.53. The van der Waals surface area contributed by atoms with Gasteiger partial charge in [0.25, 0.3) is 0 Å². The molecule has 1 aromatic heterocycles. The van der Waals surface area contributed by atoms with Crippen molar-refractivity contribution in [3.8, 4) is 11.6 Å². The van der Waals surface area contributed by atoms with E-state index in [-0.39, 0.29) is 19.1 Å². The molecule has 12 heteroatoms. The molecule has 1 aliphatic heterocycles. The van der Waals surface area contributed by atoms with Gasteiger partial charge in [-0.1, -0.05) is 24.3 Å². The van der Waals surface area contributed by atoms with Gasteiger partial charge in [-0.25, -0.2) is 0 Å². The van der Waals surface area contributed by atoms with Crippen molar-refractivity contribution in [2.75, 3.05) is 33.0 Å². The standard InChI is InChI=1S/C28H39N3O9/c1-28(15-33,16-34)29-12-3-13-38-19-10-7-17(8-11-19)6-9-18-4-2-5-20-22(18)26(31-30-20)40-27-25(37)24(36)23(35)21(14-32)39-27/h2,4-5,7-8,10-11,21,23-25,27,29,32-37H,3,6,9,12-16H2,1H3,(H,30,31)/t21-,23-,24+,25-,27+/m1/s1. The molecule has 1 aliphatic rings. The van der Waals surface area contributed by atoms with Crippen LogP contribution in [0.5, 0.6) is 11.6 Å². The van der Waals surface area contributed by atoms with Gasteiger partial charge in [-0.2, -0.15) is 0 Å². The third-order valence-electron chi connectivity index (χ3n) is 7.16. The van der Waals surface area contributed by atoms with Crippen LogP contribution in [0, 0.1) is 0 Å². The van der Waals surface area contributed by atoms with Crippen molar-refractivity contribution in [1.82, 2.24) is 15.5 Å². The van der Waals surface area contributed by atoms with Crippen LogP contribution < -0.4 is 14.8 Å². The maximum Gasteiger partial charge on any atom is 0.243 e. The van der Waals surface area contributed by atoms with Gasteiger partial charge in [-0.3, -0.25) is 5.10 Å². The van der Waals surface area contributed by atoms with E-state index in [4.69, 9.17) is 14.2 Å². The molecule has 4 rings (SSSR count). The third-order valence-corrected chi connectivity index (χ3v) is 7.16. The molecule has 5 atom stereocenters. The second-order valence-electron chi connectivity index (χ2n) is 10.3. The molecule has 1 saturated heterocycles. The summed E-state index contributed by atoms with van der Waals surface area (Å²) in [6, 6.07) is 13.6. The van der Waals surface area contributed by atoms with Crippen LogP contribution in [-0.4, -0.2) is 110 Å². The molecule has 8 N–H and O–H groups in total. The zero-order valence-electron chi connectivity index (χ0n) is 22.4. The molecule has 0 radical (unpaired) electrons. The molecule has 2 heterocycles. The average molecular weight is 562 g/mol. The number of hydrogen-bond donors (Lipinski definition) is 8. The number of ether oxygens (including phenoxy) is 3. The van der Waals surface area contributed by atoms with Gasteiger partial charge in [0.2, 0.25) is 12.2 Å². The predicted molar refractivity (Wildman–Crippen MR) is 145 cm³/mol. The fourth-order valence-electron chi connectivity index (χ4n) is 4.53. The summed E-state index contributed by atoms with van der Waals surface area (Å²) in [5, 5.41) is 69.5. The van der Waals surface area contributed by atoms with Crippen LogP contribution in [0.15, 0.2) is 42.5 Å². The lowest BCUT2D eigenvalue weighted by atomic mass is 9.99. The molecular formula is C28H39N3O9. The fraction of sp³-hybridized carbons (Fsp3) is 0.536. The smallest absolute Gasteiger partial charge is 0.243 e. The van der Waals surface area contributed by atoms with Crippen LogP contribution in [-0.2, 0) is 17.6 Å². The summed E-state index contributed by atoms with van der Waals surface area (Å²) >= 11 is 0. The Balaban J connectivity index is 1.34. The van der Waals surface area contributed by atoms with Crippen molar-refractivity contribution in [3.05, 3.63) is 53.6 Å². The zero-order valence-corrected chi connectivity index (χ0v) is 22.4. The van der Waals surface area contributed by atoms with E-state index in [2.05, 4.69) is 15.5 Å². The molecule has 220 valence electrons. The first-order valence-electron chi connectivity index (χ1n) is 13.4. The van der Waals surface area contributed by atoms with E-state index < -0.39 is 42.9 Å². The molecule has 0 aliphatic carbocycles. The van der Waals surface area contributed by atoms with Gasteiger partial charge in [-0.15, -0.1) is 5.10 Å². The summed E-state index contributed by atoms with van der Waals surface area (Å²) in [6.45, 7) is 2.03. The number of rotatable bonds is 14. The molecule has 0 amide bonds. The lowest BCUT2D eigenvalue weighted by Crippen LogP contribution is -2.60. The molecule has 3 aromatic rings. The normalized spacial score (nSPS) is 23.4. The molecule has 12 nitrogen and oxygen atoms in total. The van der Waals surface area contributed by atoms with Gasteiger partial charge in [0.15, 0.2) is 0 Å². The molecule has 0 saturated carbocycles. The number of aliphatic hydroxyl groups excluding tert-OH is 6. The highest BCUT2D eigenvalue weighted by Gasteiger charge is 2.45. The van der Waals surface area contributed by atoms with Gasteiger partial charge in [0.05, 0.1) is 42.9 Å². The summed E-state index contributed by atoms with van der Waals surface area (Å²) in [7, 11) is 0. The third kappa shape index (κ3) is 7.09. The minimum atomic E-state index is -1.54. The van der Waals surface area contributed by atoms with Crippen LogP contribution in [0.4, 0.5) is 0 Å². The molecule has 0 bridgehead atoms. The summed E-state index contributed by atoms with van der Waals surface area (Å²) < 4.78 is 17.1. The molecule has 0 unspecified atom stereocenters. The molecular weight excluding hydrogens is 522 g/mol. The predicted octanol–water partition coefficient (Wildman–Crippen LogP) is -0.371. The lowest BCUT2D eigenvalue weighted by Gasteiger charge is -2.39. The maximum atomic E-state index is 10.4. The van der Waals surface area contributed by atoms with E-state index >= 15 is 0 Å². The number of aliphatic hydroxyl groups is 6. The Kier molecular flexibility index (Phi) is 10.3. The number of hydrogen-bond acceptors (Lipinski definition) is 11. The number of nitrogens with one attached hydrogen (secondary N) is 2. The summed E-state index contributed by atoms with van der Waals surface area (Å²) in [5.41, 5.74) is 2.09. The van der Waals surface area contributed by atoms with E-state index in [0.717, 1.165) is 35.2 Å². The van der Waals surface area contributed by atoms with Gasteiger partial charge in [0.1, 0.15) is 30.2 Å². The number of H-pyrrole nitrogens is 1.